The van der Waals surface area contributed by atoms with Crippen molar-refractivity contribution in [3.8, 4) is 11.5 Å². The third kappa shape index (κ3) is 4.94. The molecule has 0 aliphatic rings. The first-order valence-electron chi connectivity index (χ1n) is 9.66. The molecule has 1 aromatic heterocycles. The number of hydrogen-bond acceptors (Lipinski definition) is 7. The minimum atomic E-state index is -0.875. The number of benzene rings is 2. The molecule has 0 aliphatic carbocycles. The van der Waals surface area contributed by atoms with Crippen molar-refractivity contribution in [2.24, 2.45) is 5.10 Å². The molecule has 3 rings (SSSR count). The van der Waals surface area contributed by atoms with Gasteiger partial charge in [0, 0.05) is 10.9 Å². The number of aryl methyl sites for hydroxylation is 1. The predicted octanol–water partition coefficient (Wildman–Crippen LogP) is 4.21. The molecule has 0 saturated carbocycles. The molecular formula is C22H21BrClN3O5. The molecule has 0 saturated heterocycles. The summed E-state index contributed by atoms with van der Waals surface area (Å²) in [5, 5.41) is 5.01. The van der Waals surface area contributed by atoms with E-state index < -0.39 is 12.1 Å². The fraction of sp³-hybridized carbons (Fsp3) is 0.273. The van der Waals surface area contributed by atoms with Gasteiger partial charge >= 0.3 is 5.97 Å². The number of esters is 1. The number of aromatic nitrogens is 2. The molecule has 1 atom stereocenters. The van der Waals surface area contributed by atoms with E-state index in [0.29, 0.717) is 34.5 Å². The summed E-state index contributed by atoms with van der Waals surface area (Å²) in [6.07, 6.45) is 1.12. The van der Waals surface area contributed by atoms with Gasteiger partial charge in [-0.1, -0.05) is 34.5 Å². The lowest BCUT2D eigenvalue weighted by molar-refractivity contribution is -0.147. The van der Waals surface area contributed by atoms with Gasteiger partial charge in [-0.25, -0.2) is 9.78 Å². The van der Waals surface area contributed by atoms with E-state index >= 15 is 0 Å². The van der Waals surface area contributed by atoms with Gasteiger partial charge in [0.15, 0.2) is 17.6 Å². The monoisotopic (exact) mass is 521 g/mol. The zero-order valence-corrected chi connectivity index (χ0v) is 20.2. The Kier molecular flexibility index (Phi) is 7.52. The van der Waals surface area contributed by atoms with Crippen molar-refractivity contribution < 1.29 is 19.0 Å². The second kappa shape index (κ2) is 10.1. The Balaban J connectivity index is 2.02. The number of fused-ring (bicyclic) bond motifs is 1. The maximum absolute atomic E-state index is 13.0. The van der Waals surface area contributed by atoms with Gasteiger partial charge in [0.25, 0.3) is 5.56 Å². The highest BCUT2D eigenvalue weighted by atomic mass is 79.9. The van der Waals surface area contributed by atoms with Gasteiger partial charge < -0.3 is 14.2 Å². The summed E-state index contributed by atoms with van der Waals surface area (Å²) in [7, 11) is 2.72. The average molecular weight is 523 g/mol. The molecule has 3 aromatic rings. The minimum absolute atomic E-state index is 0.202. The van der Waals surface area contributed by atoms with Crippen molar-refractivity contribution in [3.05, 3.63) is 61.6 Å². The number of rotatable bonds is 7. The molecule has 2 aromatic carbocycles. The standard InChI is InChI=1S/C22H21BrClN3O5/c1-5-19-26-17-7-6-14(23)10-15(17)21(28)27(19)25-11-13-8-16(24)20(18(9-13)30-3)32-12(2)22(29)31-4/h6-12H,5H2,1-4H3/t12-/m0/s1. The number of ether oxygens (including phenoxy) is 3. The molecule has 0 spiro atoms. The summed E-state index contributed by atoms with van der Waals surface area (Å²) in [6, 6.07) is 8.56. The van der Waals surface area contributed by atoms with Crippen molar-refractivity contribution in [3.63, 3.8) is 0 Å². The molecule has 10 heteroatoms. The Bertz CT molecular complexity index is 1260. The summed E-state index contributed by atoms with van der Waals surface area (Å²) in [4.78, 5) is 29.2. The molecule has 1 heterocycles. The van der Waals surface area contributed by atoms with Crippen LogP contribution < -0.4 is 15.0 Å². The van der Waals surface area contributed by atoms with Crippen LogP contribution >= 0.6 is 27.5 Å². The summed E-state index contributed by atoms with van der Waals surface area (Å²) in [6.45, 7) is 3.44. The Morgan fingerprint density at radius 1 is 1.31 bits per heavy atom. The molecule has 168 valence electrons. The van der Waals surface area contributed by atoms with Gasteiger partial charge in [0.1, 0.15) is 5.82 Å². The molecule has 0 fully saturated rings. The van der Waals surface area contributed by atoms with E-state index in [1.165, 1.54) is 25.1 Å². The van der Waals surface area contributed by atoms with Gasteiger partial charge in [-0.2, -0.15) is 9.78 Å². The lowest BCUT2D eigenvalue weighted by atomic mass is 10.2. The normalized spacial score (nSPS) is 12.2. The van der Waals surface area contributed by atoms with Crippen LogP contribution in [-0.4, -0.2) is 42.2 Å². The molecular weight excluding hydrogens is 502 g/mol. The van der Waals surface area contributed by atoms with Gasteiger partial charge in [0.05, 0.1) is 36.4 Å². The Labute approximate surface area is 197 Å². The fourth-order valence-corrected chi connectivity index (χ4v) is 3.61. The topological polar surface area (TPSA) is 92.0 Å². The van der Waals surface area contributed by atoms with Gasteiger partial charge in [-0.15, -0.1) is 0 Å². The van der Waals surface area contributed by atoms with Crippen molar-refractivity contribution in [1.29, 1.82) is 0 Å². The van der Waals surface area contributed by atoms with Crippen LogP contribution in [0.5, 0.6) is 11.5 Å². The molecule has 8 nitrogen and oxygen atoms in total. The molecule has 0 amide bonds. The van der Waals surface area contributed by atoms with Crippen molar-refractivity contribution in [2.75, 3.05) is 14.2 Å². The first kappa shape index (κ1) is 23.7. The zero-order valence-electron chi connectivity index (χ0n) is 17.9. The van der Waals surface area contributed by atoms with Gasteiger partial charge in [-0.3, -0.25) is 4.79 Å². The van der Waals surface area contributed by atoms with E-state index in [1.807, 2.05) is 13.0 Å². The summed E-state index contributed by atoms with van der Waals surface area (Å²) in [5.41, 5.74) is 0.884. The van der Waals surface area contributed by atoms with E-state index in [0.717, 1.165) is 4.47 Å². The number of hydrogen-bond donors (Lipinski definition) is 0. The number of methoxy groups -OCH3 is 2. The van der Waals surface area contributed by atoms with Gasteiger partial charge in [0.2, 0.25) is 0 Å². The highest BCUT2D eigenvalue weighted by Gasteiger charge is 2.20. The van der Waals surface area contributed by atoms with Crippen LogP contribution in [0.4, 0.5) is 0 Å². The summed E-state index contributed by atoms with van der Waals surface area (Å²) in [5.74, 6) is 0.479. The van der Waals surface area contributed by atoms with Crippen LogP contribution in [0.3, 0.4) is 0 Å². The minimum Gasteiger partial charge on any atom is -0.493 e. The molecule has 0 N–H and O–H groups in total. The summed E-state index contributed by atoms with van der Waals surface area (Å²) >= 11 is 9.75. The third-order valence-electron chi connectivity index (χ3n) is 4.59. The highest BCUT2D eigenvalue weighted by Crippen LogP contribution is 2.37. The third-order valence-corrected chi connectivity index (χ3v) is 5.37. The second-order valence-electron chi connectivity index (χ2n) is 6.72. The lowest BCUT2D eigenvalue weighted by Gasteiger charge is -2.17. The Hall–Kier alpha value is -2.91. The Morgan fingerprint density at radius 3 is 2.72 bits per heavy atom. The predicted molar refractivity (Wildman–Crippen MR) is 126 cm³/mol. The van der Waals surface area contributed by atoms with Gasteiger partial charge in [-0.05, 0) is 42.8 Å². The van der Waals surface area contributed by atoms with Crippen LogP contribution in [0.2, 0.25) is 5.02 Å². The number of carbonyl (C=O) groups excluding carboxylic acids is 1. The SMILES string of the molecule is CCc1nc2ccc(Br)cc2c(=O)n1N=Cc1cc(Cl)c(O[C@@H](C)C(=O)OC)c(OC)c1. The van der Waals surface area contributed by atoms with Crippen molar-refractivity contribution >= 4 is 50.6 Å². The maximum Gasteiger partial charge on any atom is 0.346 e. The van der Waals surface area contributed by atoms with Crippen LogP contribution in [0.1, 0.15) is 25.2 Å². The van der Waals surface area contributed by atoms with Crippen LogP contribution in [0.15, 0.2) is 44.7 Å². The molecule has 0 bridgehead atoms. The van der Waals surface area contributed by atoms with Crippen molar-refractivity contribution in [2.45, 2.75) is 26.4 Å². The molecule has 0 aliphatic heterocycles. The first-order chi connectivity index (χ1) is 15.3. The largest absolute Gasteiger partial charge is 0.493 e. The molecule has 32 heavy (non-hydrogen) atoms. The average Bonchev–Trinajstić information content (AvgIpc) is 2.79. The number of carbonyl (C=O) groups is 1. The molecule has 0 unspecified atom stereocenters. The quantitative estimate of drug-likeness (QED) is 0.341. The Morgan fingerprint density at radius 2 is 2.06 bits per heavy atom. The first-order valence-corrected chi connectivity index (χ1v) is 10.8. The number of nitrogens with zero attached hydrogens (tertiary/aromatic N) is 3. The maximum atomic E-state index is 13.0. The van der Waals surface area contributed by atoms with E-state index in [4.69, 9.17) is 21.1 Å². The highest BCUT2D eigenvalue weighted by molar-refractivity contribution is 9.10. The van der Waals surface area contributed by atoms with E-state index in [-0.39, 0.29) is 16.3 Å². The van der Waals surface area contributed by atoms with Crippen LogP contribution in [-0.2, 0) is 16.0 Å². The van der Waals surface area contributed by atoms with E-state index in [9.17, 15) is 9.59 Å². The fourth-order valence-electron chi connectivity index (χ4n) is 2.99. The number of halogens is 2. The smallest absolute Gasteiger partial charge is 0.346 e. The molecule has 0 radical (unpaired) electrons. The zero-order chi connectivity index (χ0) is 23.4. The summed E-state index contributed by atoms with van der Waals surface area (Å²) < 4.78 is 17.7. The van der Waals surface area contributed by atoms with E-state index in [2.05, 4.69) is 30.8 Å². The van der Waals surface area contributed by atoms with E-state index in [1.54, 1.807) is 31.2 Å². The van der Waals surface area contributed by atoms with Crippen LogP contribution in [0, 0.1) is 0 Å². The van der Waals surface area contributed by atoms with Crippen LogP contribution in [0.25, 0.3) is 10.9 Å². The van der Waals surface area contributed by atoms with Crippen molar-refractivity contribution in [1.82, 2.24) is 9.66 Å². The lowest BCUT2D eigenvalue weighted by Crippen LogP contribution is -2.25. The second-order valence-corrected chi connectivity index (χ2v) is 8.04.